The van der Waals surface area contributed by atoms with Gasteiger partial charge in [-0.3, -0.25) is 14.5 Å². The van der Waals surface area contributed by atoms with Gasteiger partial charge in [0.25, 0.3) is 11.8 Å². The molecule has 0 radical (unpaired) electrons. The maximum absolute atomic E-state index is 14.4. The molecule has 0 bridgehead atoms. The van der Waals surface area contributed by atoms with Gasteiger partial charge >= 0.3 is 0 Å². The van der Waals surface area contributed by atoms with E-state index in [1.807, 2.05) is 12.1 Å². The van der Waals surface area contributed by atoms with Crippen LogP contribution < -0.4 is 5.32 Å². The molecule has 2 fully saturated rings. The number of nitrogens with zero attached hydrogens (tertiary/aromatic N) is 3. The van der Waals surface area contributed by atoms with Crippen molar-refractivity contribution in [3.8, 4) is 0 Å². The van der Waals surface area contributed by atoms with Gasteiger partial charge in [-0.1, -0.05) is 6.07 Å². The summed E-state index contributed by atoms with van der Waals surface area (Å²) in [6.45, 7) is 3.45. The Morgan fingerprint density at radius 2 is 2.03 bits per heavy atom. The van der Waals surface area contributed by atoms with Crippen molar-refractivity contribution in [2.24, 2.45) is 5.92 Å². The van der Waals surface area contributed by atoms with Crippen LogP contribution in [0.4, 0.5) is 4.39 Å². The van der Waals surface area contributed by atoms with Crippen LogP contribution in [0.2, 0.25) is 0 Å². The Morgan fingerprint density at radius 1 is 1.23 bits per heavy atom. The lowest BCUT2D eigenvalue weighted by atomic mass is 9.83. The molecule has 6 nitrogen and oxygen atoms in total. The number of nitrogens with one attached hydrogen (secondary N) is 1. The molecule has 35 heavy (non-hydrogen) atoms. The molecule has 2 aromatic rings. The molecule has 6 rings (SSSR count). The van der Waals surface area contributed by atoms with Gasteiger partial charge < -0.3 is 10.2 Å². The summed E-state index contributed by atoms with van der Waals surface area (Å²) in [4.78, 5) is 35.3. The third-order valence-electron chi connectivity index (χ3n) is 8.31. The Kier molecular flexibility index (Phi) is 5.92. The number of thiazole rings is 1. The van der Waals surface area contributed by atoms with Crippen molar-refractivity contribution in [1.29, 1.82) is 0 Å². The van der Waals surface area contributed by atoms with E-state index in [4.69, 9.17) is 0 Å². The van der Waals surface area contributed by atoms with Gasteiger partial charge in [-0.2, -0.15) is 0 Å². The van der Waals surface area contributed by atoms with Gasteiger partial charge in [0.1, 0.15) is 5.01 Å². The molecule has 0 saturated heterocycles. The van der Waals surface area contributed by atoms with Gasteiger partial charge in [0, 0.05) is 48.7 Å². The molecule has 2 amide bonds. The average Bonchev–Trinajstić information content (AvgIpc) is 3.35. The van der Waals surface area contributed by atoms with E-state index < -0.39 is 5.67 Å². The second-order valence-corrected chi connectivity index (χ2v) is 11.9. The molecule has 186 valence electrons. The van der Waals surface area contributed by atoms with Crippen LogP contribution in [0.1, 0.15) is 86.8 Å². The zero-order valence-electron chi connectivity index (χ0n) is 20.3. The number of hydrogen-bond acceptors (Lipinski definition) is 5. The Morgan fingerprint density at radius 3 is 2.80 bits per heavy atom. The summed E-state index contributed by atoms with van der Waals surface area (Å²) in [5.41, 5.74) is 2.13. The van der Waals surface area contributed by atoms with Crippen LogP contribution in [0.5, 0.6) is 0 Å². The fourth-order valence-electron chi connectivity index (χ4n) is 5.87. The normalized spacial score (nSPS) is 25.3. The van der Waals surface area contributed by atoms with E-state index in [0.29, 0.717) is 41.4 Å². The monoisotopic (exact) mass is 496 g/mol. The summed E-state index contributed by atoms with van der Waals surface area (Å²) < 4.78 is 14.4. The predicted molar refractivity (Wildman–Crippen MR) is 133 cm³/mol. The number of alkyl halides is 1. The first-order chi connectivity index (χ1) is 16.9. The van der Waals surface area contributed by atoms with Crippen LogP contribution in [0.25, 0.3) is 0 Å². The Balaban J connectivity index is 0.971. The summed E-state index contributed by atoms with van der Waals surface area (Å²) in [5.74, 6) is 0.620. The minimum atomic E-state index is -1.12. The minimum absolute atomic E-state index is 0.00967. The van der Waals surface area contributed by atoms with Gasteiger partial charge in [0.2, 0.25) is 0 Å². The van der Waals surface area contributed by atoms with E-state index in [1.165, 1.54) is 11.3 Å². The fraction of sp³-hybridized carbons (Fsp3) is 0.593. The number of fused-ring (bicyclic) bond motifs is 2. The van der Waals surface area contributed by atoms with E-state index in [-0.39, 0.29) is 17.9 Å². The minimum Gasteiger partial charge on any atom is -0.349 e. The van der Waals surface area contributed by atoms with Crippen molar-refractivity contribution in [1.82, 2.24) is 20.1 Å². The third kappa shape index (κ3) is 4.51. The van der Waals surface area contributed by atoms with Gasteiger partial charge in [-0.15, -0.1) is 11.3 Å². The first kappa shape index (κ1) is 23.1. The highest BCUT2D eigenvalue weighted by Gasteiger charge is 2.48. The number of halogens is 1. The highest BCUT2D eigenvalue weighted by Crippen LogP contribution is 2.51. The van der Waals surface area contributed by atoms with Gasteiger partial charge in [-0.05, 0) is 81.5 Å². The largest absolute Gasteiger partial charge is 0.349 e. The van der Waals surface area contributed by atoms with Crippen LogP contribution in [0.15, 0.2) is 18.2 Å². The van der Waals surface area contributed by atoms with E-state index in [0.717, 1.165) is 63.0 Å². The number of carbonyl (C=O) groups excluding carboxylic acids is 2. The summed E-state index contributed by atoms with van der Waals surface area (Å²) >= 11 is 1.60. The molecule has 0 spiro atoms. The Labute approximate surface area is 209 Å². The molecule has 4 aliphatic rings. The smallest absolute Gasteiger partial charge is 0.254 e. The first-order valence-corrected chi connectivity index (χ1v) is 13.8. The predicted octanol–water partition coefficient (Wildman–Crippen LogP) is 4.42. The lowest BCUT2D eigenvalue weighted by Gasteiger charge is -2.32. The summed E-state index contributed by atoms with van der Waals surface area (Å²) in [6, 6.07) is 5.65. The van der Waals surface area contributed by atoms with E-state index in [1.54, 1.807) is 29.4 Å². The lowest BCUT2D eigenvalue weighted by Crippen LogP contribution is -2.38. The van der Waals surface area contributed by atoms with E-state index >= 15 is 0 Å². The molecule has 1 N–H and O–H groups in total. The Hall–Kier alpha value is -2.32. The summed E-state index contributed by atoms with van der Waals surface area (Å²) in [7, 11) is 1.77. The van der Waals surface area contributed by atoms with Gasteiger partial charge in [-0.25, -0.2) is 9.37 Å². The molecule has 1 aromatic carbocycles. The summed E-state index contributed by atoms with van der Waals surface area (Å²) in [5, 5.41) is 3.95. The molecule has 0 unspecified atom stereocenters. The lowest BCUT2D eigenvalue weighted by molar-refractivity contribution is 0.0814. The zero-order valence-corrected chi connectivity index (χ0v) is 21.1. The number of amides is 2. The molecular formula is C27H33FN4O2S. The molecular weight excluding hydrogens is 463 g/mol. The van der Waals surface area contributed by atoms with Gasteiger partial charge in [0.15, 0.2) is 5.67 Å². The number of aromatic nitrogens is 1. The SMILES string of the molecule is CN1Cc2c(C(=O)NC3CCC(CCN4CCc5sc(C6(F)CC6)nc5C4)CC3)cccc2C1=O. The van der Waals surface area contributed by atoms with Crippen molar-refractivity contribution >= 4 is 23.2 Å². The molecule has 8 heteroatoms. The second kappa shape index (κ2) is 8.96. The van der Waals surface area contributed by atoms with Crippen molar-refractivity contribution in [3.63, 3.8) is 0 Å². The van der Waals surface area contributed by atoms with Crippen molar-refractivity contribution in [3.05, 3.63) is 50.5 Å². The standard InChI is InChI=1S/C27H33FN4O2S/c1-31-15-21-19(3-2-4-20(21)25(31)34)24(33)29-18-7-5-17(6-8-18)9-13-32-14-10-23-22(16-32)30-26(35-23)27(28)11-12-27/h2-4,17-18H,5-16H2,1H3,(H,29,33). The van der Waals surface area contributed by atoms with Crippen LogP contribution >= 0.6 is 11.3 Å². The quantitative estimate of drug-likeness (QED) is 0.643. The average molecular weight is 497 g/mol. The molecule has 1 aromatic heterocycles. The van der Waals surface area contributed by atoms with Crippen molar-refractivity contribution in [2.45, 2.75) is 76.2 Å². The topological polar surface area (TPSA) is 65.5 Å². The van der Waals surface area contributed by atoms with Crippen LogP contribution in [0.3, 0.4) is 0 Å². The molecule has 2 saturated carbocycles. The number of hydrogen-bond donors (Lipinski definition) is 1. The Bertz CT molecular complexity index is 1150. The second-order valence-electron chi connectivity index (χ2n) is 10.9. The molecule has 2 aliphatic carbocycles. The van der Waals surface area contributed by atoms with Gasteiger partial charge in [0.05, 0.1) is 5.69 Å². The number of carbonyl (C=O) groups is 2. The van der Waals surface area contributed by atoms with Crippen LogP contribution in [0, 0.1) is 5.92 Å². The number of benzene rings is 1. The maximum atomic E-state index is 14.4. The molecule has 3 heterocycles. The highest BCUT2D eigenvalue weighted by molar-refractivity contribution is 7.12. The maximum Gasteiger partial charge on any atom is 0.254 e. The van der Waals surface area contributed by atoms with Crippen LogP contribution in [-0.2, 0) is 25.2 Å². The first-order valence-electron chi connectivity index (χ1n) is 13.0. The zero-order chi connectivity index (χ0) is 24.2. The fourth-order valence-corrected chi connectivity index (χ4v) is 7.07. The van der Waals surface area contributed by atoms with Crippen molar-refractivity contribution in [2.75, 3.05) is 20.1 Å². The summed E-state index contributed by atoms with van der Waals surface area (Å²) in [6.07, 6.45) is 7.69. The third-order valence-corrected chi connectivity index (χ3v) is 9.64. The highest BCUT2D eigenvalue weighted by atomic mass is 32.1. The van der Waals surface area contributed by atoms with E-state index in [9.17, 15) is 14.0 Å². The van der Waals surface area contributed by atoms with E-state index in [2.05, 4.69) is 15.2 Å². The van der Waals surface area contributed by atoms with Crippen molar-refractivity contribution < 1.29 is 14.0 Å². The number of rotatable bonds is 6. The van der Waals surface area contributed by atoms with Crippen LogP contribution in [-0.4, -0.2) is 52.8 Å². The molecule has 2 aliphatic heterocycles. The molecule has 0 atom stereocenters.